The van der Waals surface area contributed by atoms with Crippen LogP contribution in [0.25, 0.3) is 5.65 Å². The molecule has 0 aliphatic rings. The van der Waals surface area contributed by atoms with Gasteiger partial charge in [-0.05, 0) is 44.2 Å². The predicted molar refractivity (Wildman–Crippen MR) is 103 cm³/mol. The van der Waals surface area contributed by atoms with Crippen LogP contribution in [-0.4, -0.2) is 31.5 Å². The van der Waals surface area contributed by atoms with E-state index in [1.54, 1.807) is 31.2 Å². The number of anilines is 1. The third kappa shape index (κ3) is 4.70. The Morgan fingerprint density at radius 3 is 2.45 bits per heavy atom. The number of nitrogens with one attached hydrogen (secondary N) is 1. The number of hydrogen-bond acceptors (Lipinski definition) is 5. The molecule has 11 heteroatoms. The molecule has 0 aliphatic heterocycles. The van der Waals surface area contributed by atoms with Crippen molar-refractivity contribution in [2.24, 2.45) is 0 Å². The standard InChI is InChI=1S/C18H14ClF3N4O2S/c1-9(27)11-3-5-13(6-4-11)23-16(28)10(2)29-17-25-24-15-14(19)7-12(8-26(15)17)18(20,21)22/h3-8,10H,1-2H3,(H,23,28)/t10-/m1/s1. The summed E-state index contributed by atoms with van der Waals surface area (Å²) in [6.45, 7) is 3.02. The maximum Gasteiger partial charge on any atom is 0.417 e. The number of carbonyl (C=O) groups is 2. The first-order valence-electron chi connectivity index (χ1n) is 8.26. The Morgan fingerprint density at radius 1 is 1.21 bits per heavy atom. The van der Waals surface area contributed by atoms with Crippen LogP contribution in [0.5, 0.6) is 0 Å². The largest absolute Gasteiger partial charge is 0.417 e. The highest BCUT2D eigenvalue weighted by Crippen LogP contribution is 2.34. The Labute approximate surface area is 172 Å². The molecule has 6 nitrogen and oxygen atoms in total. The number of Topliss-reactive ketones (excluding diaryl/α,β-unsaturated/α-hetero) is 1. The summed E-state index contributed by atoms with van der Waals surface area (Å²) in [6.07, 6.45) is -3.74. The molecule has 0 radical (unpaired) electrons. The van der Waals surface area contributed by atoms with Gasteiger partial charge in [0, 0.05) is 17.4 Å². The fraction of sp³-hybridized carbons (Fsp3) is 0.222. The molecule has 0 saturated carbocycles. The second-order valence-electron chi connectivity index (χ2n) is 6.13. The van der Waals surface area contributed by atoms with Crippen molar-refractivity contribution in [3.05, 3.63) is 52.7 Å². The molecule has 1 aromatic carbocycles. The van der Waals surface area contributed by atoms with Gasteiger partial charge in [0.15, 0.2) is 16.6 Å². The number of thioether (sulfide) groups is 1. The molecular weight excluding hydrogens is 429 g/mol. The maximum atomic E-state index is 13.0. The fourth-order valence-corrected chi connectivity index (χ4v) is 3.48. The van der Waals surface area contributed by atoms with Crippen molar-refractivity contribution in [3.8, 4) is 0 Å². The minimum Gasteiger partial charge on any atom is -0.325 e. The monoisotopic (exact) mass is 442 g/mol. The van der Waals surface area contributed by atoms with E-state index < -0.39 is 17.0 Å². The number of halogens is 4. The van der Waals surface area contributed by atoms with Gasteiger partial charge in [0.05, 0.1) is 15.8 Å². The van der Waals surface area contributed by atoms with Gasteiger partial charge >= 0.3 is 6.18 Å². The van der Waals surface area contributed by atoms with Gasteiger partial charge in [-0.1, -0.05) is 23.4 Å². The average molecular weight is 443 g/mol. The lowest BCUT2D eigenvalue weighted by Crippen LogP contribution is -2.22. The van der Waals surface area contributed by atoms with E-state index in [0.717, 1.165) is 28.4 Å². The number of hydrogen-bond donors (Lipinski definition) is 1. The van der Waals surface area contributed by atoms with E-state index in [2.05, 4.69) is 15.5 Å². The number of ketones is 1. The quantitative estimate of drug-likeness (QED) is 0.457. The summed E-state index contributed by atoms with van der Waals surface area (Å²) in [4.78, 5) is 23.7. The third-order valence-corrected chi connectivity index (χ3v) is 5.30. The van der Waals surface area contributed by atoms with E-state index in [4.69, 9.17) is 11.6 Å². The number of carbonyl (C=O) groups excluding carboxylic acids is 2. The zero-order chi connectivity index (χ0) is 21.3. The molecule has 152 valence electrons. The van der Waals surface area contributed by atoms with Crippen LogP contribution in [-0.2, 0) is 11.0 Å². The normalized spacial score (nSPS) is 12.8. The molecule has 29 heavy (non-hydrogen) atoms. The second kappa shape index (κ2) is 8.03. The zero-order valence-corrected chi connectivity index (χ0v) is 16.7. The molecule has 0 fully saturated rings. The molecule has 0 bridgehead atoms. The maximum absolute atomic E-state index is 13.0. The Bertz CT molecular complexity index is 1080. The van der Waals surface area contributed by atoms with Gasteiger partial charge in [-0.15, -0.1) is 10.2 Å². The number of alkyl halides is 3. The third-order valence-electron chi connectivity index (χ3n) is 3.97. The number of rotatable bonds is 5. The van der Waals surface area contributed by atoms with E-state index in [-0.39, 0.29) is 27.5 Å². The number of fused-ring (bicyclic) bond motifs is 1. The molecular formula is C18H14ClF3N4O2S. The molecule has 2 heterocycles. The highest BCUT2D eigenvalue weighted by atomic mass is 35.5. The van der Waals surface area contributed by atoms with Gasteiger partial charge in [-0.2, -0.15) is 13.2 Å². The number of nitrogens with zero attached hydrogens (tertiary/aromatic N) is 3. The highest BCUT2D eigenvalue weighted by molar-refractivity contribution is 8.00. The molecule has 0 saturated heterocycles. The summed E-state index contributed by atoms with van der Waals surface area (Å²) in [7, 11) is 0. The van der Waals surface area contributed by atoms with Gasteiger partial charge in [0.2, 0.25) is 5.91 Å². The first-order valence-corrected chi connectivity index (χ1v) is 9.52. The van der Waals surface area contributed by atoms with Gasteiger partial charge < -0.3 is 5.32 Å². The lowest BCUT2D eigenvalue weighted by Gasteiger charge is -2.12. The first-order chi connectivity index (χ1) is 13.6. The lowest BCUT2D eigenvalue weighted by atomic mass is 10.1. The van der Waals surface area contributed by atoms with Crippen LogP contribution in [0.15, 0.2) is 41.7 Å². The van der Waals surface area contributed by atoms with E-state index in [1.807, 2.05) is 0 Å². The number of pyridine rings is 1. The Hall–Kier alpha value is -2.59. The van der Waals surface area contributed by atoms with Crippen molar-refractivity contribution >= 4 is 46.4 Å². The van der Waals surface area contributed by atoms with Gasteiger partial charge in [-0.25, -0.2) is 0 Å². The average Bonchev–Trinajstić information content (AvgIpc) is 3.05. The second-order valence-corrected chi connectivity index (χ2v) is 7.85. The van der Waals surface area contributed by atoms with Crippen molar-refractivity contribution in [2.75, 3.05) is 5.32 Å². The van der Waals surface area contributed by atoms with E-state index in [1.165, 1.54) is 6.92 Å². The van der Waals surface area contributed by atoms with Gasteiger partial charge in [0.25, 0.3) is 0 Å². The highest BCUT2D eigenvalue weighted by Gasteiger charge is 2.32. The van der Waals surface area contributed by atoms with Crippen molar-refractivity contribution < 1.29 is 22.8 Å². The molecule has 1 N–H and O–H groups in total. The molecule has 0 aliphatic carbocycles. The van der Waals surface area contributed by atoms with Crippen LogP contribution in [0.1, 0.15) is 29.8 Å². The number of aromatic nitrogens is 3. The van der Waals surface area contributed by atoms with Gasteiger partial charge in [0.1, 0.15) is 0 Å². The summed E-state index contributed by atoms with van der Waals surface area (Å²) in [5.41, 5.74) is 0.118. The van der Waals surface area contributed by atoms with E-state index >= 15 is 0 Å². The predicted octanol–water partition coefficient (Wildman–Crippen LogP) is 4.72. The smallest absolute Gasteiger partial charge is 0.325 e. The molecule has 1 amide bonds. The van der Waals surface area contributed by atoms with Crippen LogP contribution < -0.4 is 5.32 Å². The summed E-state index contributed by atoms with van der Waals surface area (Å²) in [6, 6.07) is 7.13. The Balaban J connectivity index is 1.78. The van der Waals surface area contributed by atoms with Crippen LogP contribution in [0.2, 0.25) is 5.02 Å². The van der Waals surface area contributed by atoms with Crippen molar-refractivity contribution in [1.29, 1.82) is 0 Å². The molecule has 2 aromatic heterocycles. The molecule has 0 spiro atoms. The van der Waals surface area contributed by atoms with Gasteiger partial charge in [-0.3, -0.25) is 14.0 Å². The topological polar surface area (TPSA) is 76.4 Å². The Morgan fingerprint density at radius 2 is 1.86 bits per heavy atom. The summed E-state index contributed by atoms with van der Waals surface area (Å²) in [5, 5.41) is 9.54. The summed E-state index contributed by atoms with van der Waals surface area (Å²) < 4.78 is 40.2. The van der Waals surface area contributed by atoms with Crippen molar-refractivity contribution in [1.82, 2.24) is 14.6 Å². The van der Waals surface area contributed by atoms with E-state index in [9.17, 15) is 22.8 Å². The molecule has 0 unspecified atom stereocenters. The number of benzene rings is 1. The van der Waals surface area contributed by atoms with Crippen LogP contribution in [0.3, 0.4) is 0 Å². The van der Waals surface area contributed by atoms with Crippen LogP contribution in [0, 0.1) is 0 Å². The van der Waals surface area contributed by atoms with Crippen LogP contribution >= 0.6 is 23.4 Å². The molecule has 3 aromatic rings. The molecule has 3 rings (SSSR count). The zero-order valence-electron chi connectivity index (χ0n) is 15.1. The van der Waals surface area contributed by atoms with Crippen LogP contribution in [0.4, 0.5) is 18.9 Å². The van der Waals surface area contributed by atoms with E-state index in [0.29, 0.717) is 11.3 Å². The minimum absolute atomic E-state index is 0.0644. The number of amides is 1. The minimum atomic E-state index is -4.58. The Kier molecular flexibility index (Phi) is 5.85. The van der Waals surface area contributed by atoms with Crippen molar-refractivity contribution in [2.45, 2.75) is 30.4 Å². The summed E-state index contributed by atoms with van der Waals surface area (Å²) in [5.74, 6) is -0.484. The fourth-order valence-electron chi connectivity index (χ4n) is 2.41. The first kappa shape index (κ1) is 21.1. The SMILES string of the molecule is CC(=O)c1ccc(NC(=O)[C@@H](C)Sc2nnc3c(Cl)cc(C(F)(F)F)cn23)cc1. The van der Waals surface area contributed by atoms with Crippen molar-refractivity contribution in [3.63, 3.8) is 0 Å². The lowest BCUT2D eigenvalue weighted by molar-refractivity contribution is -0.137. The molecule has 1 atom stereocenters. The summed E-state index contributed by atoms with van der Waals surface area (Å²) >= 11 is 6.83.